The molecule has 0 aromatic carbocycles. The number of halogens is 2. The van der Waals surface area contributed by atoms with Gasteiger partial charge in [-0.3, -0.25) is 4.79 Å². The van der Waals surface area contributed by atoms with Gasteiger partial charge in [-0.05, 0) is 67.1 Å². The van der Waals surface area contributed by atoms with Gasteiger partial charge in [0.2, 0.25) is 0 Å². The highest BCUT2D eigenvalue weighted by Gasteiger charge is 2.29. The minimum absolute atomic E-state index is 0.0434. The lowest BCUT2D eigenvalue weighted by Gasteiger charge is -2.40. The summed E-state index contributed by atoms with van der Waals surface area (Å²) in [5.74, 6) is -0.240. The van der Waals surface area contributed by atoms with Crippen molar-refractivity contribution in [2.45, 2.75) is 51.7 Å². The molecule has 11 heteroatoms. The zero-order chi connectivity index (χ0) is 26.1. The fraction of sp³-hybridized carbons (Fsp3) is 0.560. The average Bonchev–Trinajstić information content (AvgIpc) is 3.35. The van der Waals surface area contributed by atoms with Gasteiger partial charge in [-0.15, -0.1) is 0 Å². The van der Waals surface area contributed by atoms with Crippen LogP contribution in [0.4, 0.5) is 4.79 Å². The second kappa shape index (κ2) is 14.1. The third-order valence-electron chi connectivity index (χ3n) is 6.56. The lowest BCUT2D eigenvalue weighted by Crippen LogP contribution is -2.52. The Balaban J connectivity index is 1.48. The van der Waals surface area contributed by atoms with Gasteiger partial charge in [-0.2, -0.15) is 11.3 Å². The number of likely N-dealkylation sites (tertiary alicyclic amines) is 1. The topological polar surface area (TPSA) is 86.8 Å². The van der Waals surface area contributed by atoms with Crippen molar-refractivity contribution in [3.05, 3.63) is 49.9 Å². The lowest BCUT2D eigenvalue weighted by atomic mass is 10.0. The predicted octanol–water partition coefficient (Wildman–Crippen LogP) is 4.59. The molecule has 1 atom stereocenters. The van der Waals surface area contributed by atoms with Gasteiger partial charge in [0.15, 0.2) is 0 Å². The molecule has 2 N–H and O–H groups in total. The smallest absolute Gasteiger partial charge is 0.318 e. The molecule has 1 aliphatic heterocycles. The fourth-order valence-corrected chi connectivity index (χ4v) is 5.76. The van der Waals surface area contributed by atoms with Crippen molar-refractivity contribution in [3.63, 3.8) is 0 Å². The van der Waals surface area contributed by atoms with Gasteiger partial charge in [0, 0.05) is 51.9 Å². The molecule has 8 nitrogen and oxygen atoms in total. The highest BCUT2D eigenvalue weighted by molar-refractivity contribution is 7.07. The largest absolute Gasteiger partial charge is 0.383 e. The van der Waals surface area contributed by atoms with Gasteiger partial charge < -0.3 is 25.2 Å². The molecular weight excluding hydrogens is 521 g/mol. The summed E-state index contributed by atoms with van der Waals surface area (Å²) in [6.07, 6.45) is 2.62. The number of hydrogen-bond acceptors (Lipinski definition) is 6. The second-order valence-electron chi connectivity index (χ2n) is 9.07. The molecule has 1 fully saturated rings. The SMILES string of the molecule is COCCNC(=O)N(Cc1ccsc1)C1CCN(C(C)CCNC(=O)c2c(C)cc(Cl)nc2Cl)CC1. The summed E-state index contributed by atoms with van der Waals surface area (Å²) in [5, 5.41) is 10.5. The van der Waals surface area contributed by atoms with E-state index in [0.29, 0.717) is 43.4 Å². The van der Waals surface area contributed by atoms with Crippen molar-refractivity contribution >= 4 is 46.5 Å². The number of nitrogens with one attached hydrogen (secondary N) is 2. The first-order chi connectivity index (χ1) is 17.3. The van der Waals surface area contributed by atoms with Crippen molar-refractivity contribution in [2.75, 3.05) is 39.9 Å². The number of methoxy groups -OCH3 is 1. The van der Waals surface area contributed by atoms with Crippen LogP contribution in [-0.2, 0) is 11.3 Å². The number of hydrogen-bond donors (Lipinski definition) is 2. The summed E-state index contributed by atoms with van der Waals surface area (Å²) in [7, 11) is 1.63. The zero-order valence-electron chi connectivity index (χ0n) is 21.1. The molecule has 2 aromatic heterocycles. The number of thiophene rings is 1. The number of pyridine rings is 1. The van der Waals surface area contributed by atoms with Crippen LogP contribution >= 0.6 is 34.5 Å². The fourth-order valence-electron chi connectivity index (χ4n) is 4.48. The van der Waals surface area contributed by atoms with E-state index in [1.165, 1.54) is 0 Å². The molecule has 3 amide bonds. The molecule has 0 aliphatic carbocycles. The first-order valence-electron chi connectivity index (χ1n) is 12.2. The number of ether oxygens (including phenoxy) is 1. The Hall–Kier alpha value is -1.91. The number of nitrogens with zero attached hydrogens (tertiary/aromatic N) is 3. The van der Waals surface area contributed by atoms with E-state index in [-0.39, 0.29) is 28.3 Å². The zero-order valence-corrected chi connectivity index (χ0v) is 23.4. The monoisotopic (exact) mass is 555 g/mol. The first kappa shape index (κ1) is 28.7. The molecule has 198 valence electrons. The Morgan fingerprint density at radius 3 is 2.67 bits per heavy atom. The Morgan fingerprint density at radius 1 is 1.28 bits per heavy atom. The maximum absolute atomic E-state index is 12.9. The van der Waals surface area contributed by atoms with Gasteiger partial charge in [-0.25, -0.2) is 9.78 Å². The van der Waals surface area contributed by atoms with Crippen LogP contribution in [0.15, 0.2) is 22.9 Å². The standard InChI is InChI=1S/C25H35Cl2N5O3S/c1-17-14-21(26)30-23(27)22(17)24(33)28-8-4-18(2)31-10-5-20(6-11-31)32(15-19-7-13-36-16-19)25(34)29-9-12-35-3/h7,13-14,16,18,20H,4-6,8-12,15H2,1-3H3,(H,28,33)(H,29,34). The van der Waals surface area contributed by atoms with Gasteiger partial charge in [0.1, 0.15) is 10.3 Å². The predicted molar refractivity (Wildman–Crippen MR) is 145 cm³/mol. The molecule has 0 radical (unpaired) electrons. The molecule has 1 unspecified atom stereocenters. The number of rotatable bonds is 11. The van der Waals surface area contributed by atoms with E-state index < -0.39 is 0 Å². The molecule has 2 aromatic rings. The second-order valence-corrected chi connectivity index (χ2v) is 10.6. The molecule has 0 spiro atoms. The number of aryl methyl sites for hydroxylation is 1. The number of aromatic nitrogens is 1. The normalized spacial score (nSPS) is 15.5. The van der Waals surface area contributed by atoms with Crippen LogP contribution in [0.2, 0.25) is 10.3 Å². The lowest BCUT2D eigenvalue weighted by molar-refractivity contribution is 0.0899. The molecule has 1 saturated heterocycles. The maximum Gasteiger partial charge on any atom is 0.318 e. The van der Waals surface area contributed by atoms with Crippen LogP contribution in [0.25, 0.3) is 0 Å². The molecule has 3 rings (SSSR count). The third-order valence-corrected chi connectivity index (χ3v) is 7.75. The third kappa shape index (κ3) is 8.05. The highest BCUT2D eigenvalue weighted by Crippen LogP contribution is 2.23. The van der Waals surface area contributed by atoms with E-state index in [1.807, 2.05) is 10.3 Å². The molecule has 0 bridgehead atoms. The van der Waals surface area contributed by atoms with Crippen LogP contribution in [0.1, 0.15) is 47.7 Å². The maximum atomic E-state index is 12.9. The number of piperidine rings is 1. The van der Waals surface area contributed by atoms with Crippen LogP contribution in [0.3, 0.4) is 0 Å². The van der Waals surface area contributed by atoms with E-state index in [0.717, 1.165) is 37.9 Å². The summed E-state index contributed by atoms with van der Waals surface area (Å²) in [6.45, 7) is 7.89. The average molecular weight is 557 g/mol. The van der Waals surface area contributed by atoms with Crippen LogP contribution in [0, 0.1) is 6.92 Å². The number of amides is 3. The van der Waals surface area contributed by atoms with Crippen molar-refractivity contribution in [1.29, 1.82) is 0 Å². The van der Waals surface area contributed by atoms with Crippen molar-refractivity contribution < 1.29 is 14.3 Å². The Labute approximate surface area is 227 Å². The Morgan fingerprint density at radius 2 is 2.03 bits per heavy atom. The van der Waals surface area contributed by atoms with Gasteiger partial charge in [0.05, 0.1) is 12.2 Å². The summed E-state index contributed by atoms with van der Waals surface area (Å²) in [4.78, 5) is 33.9. The molecule has 3 heterocycles. The van der Waals surface area contributed by atoms with E-state index >= 15 is 0 Å². The molecule has 36 heavy (non-hydrogen) atoms. The van der Waals surface area contributed by atoms with Crippen molar-refractivity contribution in [3.8, 4) is 0 Å². The van der Waals surface area contributed by atoms with Gasteiger partial charge in [0.25, 0.3) is 5.91 Å². The van der Waals surface area contributed by atoms with E-state index in [9.17, 15) is 9.59 Å². The van der Waals surface area contributed by atoms with Crippen LogP contribution in [0.5, 0.6) is 0 Å². The van der Waals surface area contributed by atoms with Gasteiger partial charge in [-0.1, -0.05) is 23.2 Å². The van der Waals surface area contributed by atoms with Crippen LogP contribution in [-0.4, -0.2) is 78.7 Å². The van der Waals surface area contributed by atoms with Crippen LogP contribution < -0.4 is 10.6 Å². The number of carbonyl (C=O) groups excluding carboxylic acids is 2. The van der Waals surface area contributed by atoms with Crippen molar-refractivity contribution in [1.82, 2.24) is 25.4 Å². The van der Waals surface area contributed by atoms with Gasteiger partial charge >= 0.3 is 6.03 Å². The Bertz CT molecular complexity index is 977. The first-order valence-corrected chi connectivity index (χ1v) is 13.9. The molecular formula is C25H35Cl2N5O3S. The minimum atomic E-state index is -0.240. The summed E-state index contributed by atoms with van der Waals surface area (Å²) >= 11 is 13.7. The van der Waals surface area contributed by atoms with E-state index in [2.05, 4.69) is 38.9 Å². The summed E-state index contributed by atoms with van der Waals surface area (Å²) in [5.41, 5.74) is 2.22. The number of carbonyl (C=O) groups is 2. The van der Waals surface area contributed by atoms with E-state index in [1.54, 1.807) is 31.4 Å². The van der Waals surface area contributed by atoms with E-state index in [4.69, 9.17) is 27.9 Å². The minimum Gasteiger partial charge on any atom is -0.383 e. The quantitative estimate of drug-likeness (QED) is 0.313. The molecule has 0 saturated carbocycles. The molecule has 1 aliphatic rings. The summed E-state index contributed by atoms with van der Waals surface area (Å²) < 4.78 is 5.07. The Kier molecular flexibility index (Phi) is 11.3. The highest BCUT2D eigenvalue weighted by atomic mass is 35.5. The number of urea groups is 1. The van der Waals surface area contributed by atoms with Crippen molar-refractivity contribution in [2.24, 2.45) is 0 Å². The summed E-state index contributed by atoms with van der Waals surface area (Å²) in [6, 6.07) is 4.14.